The van der Waals surface area contributed by atoms with Gasteiger partial charge in [-0.3, -0.25) is 9.78 Å². The number of carboxylic acids is 1. The third kappa shape index (κ3) is 4.13. The molecule has 0 atom stereocenters. The van der Waals surface area contributed by atoms with Crippen molar-refractivity contribution in [1.29, 1.82) is 0 Å². The van der Waals surface area contributed by atoms with Crippen LogP contribution in [0, 0.1) is 5.92 Å². The number of carbonyl (C=O) groups is 2. The Morgan fingerprint density at radius 2 is 2.05 bits per heavy atom. The molecule has 1 amide bonds. The molecule has 2 N–H and O–H groups in total. The summed E-state index contributed by atoms with van der Waals surface area (Å²) < 4.78 is 0. The Morgan fingerprint density at radius 1 is 1.33 bits per heavy atom. The highest BCUT2D eigenvalue weighted by atomic mass is 16.4. The van der Waals surface area contributed by atoms with E-state index in [0.29, 0.717) is 24.3 Å². The van der Waals surface area contributed by atoms with Crippen molar-refractivity contribution in [2.75, 3.05) is 19.7 Å². The number of aromatic nitrogens is 1. The van der Waals surface area contributed by atoms with Crippen LogP contribution in [0.2, 0.25) is 0 Å². The van der Waals surface area contributed by atoms with Gasteiger partial charge in [-0.05, 0) is 36.5 Å². The highest BCUT2D eigenvalue weighted by molar-refractivity contribution is 5.92. The summed E-state index contributed by atoms with van der Waals surface area (Å²) in [6.07, 6.45) is 5.55. The summed E-state index contributed by atoms with van der Waals surface area (Å²) in [4.78, 5) is 28.5. The molecule has 1 saturated heterocycles. The van der Waals surface area contributed by atoms with Crippen LogP contribution >= 0.6 is 0 Å². The van der Waals surface area contributed by atoms with Crippen LogP contribution in [0.4, 0.5) is 0 Å². The van der Waals surface area contributed by atoms with E-state index in [1.807, 2.05) is 0 Å². The van der Waals surface area contributed by atoms with Crippen molar-refractivity contribution in [3.05, 3.63) is 35.7 Å². The third-order valence-corrected chi connectivity index (χ3v) is 3.58. The van der Waals surface area contributed by atoms with Crippen molar-refractivity contribution in [2.24, 2.45) is 5.92 Å². The Morgan fingerprint density at radius 3 is 2.57 bits per heavy atom. The monoisotopic (exact) mass is 290 g/mol. The van der Waals surface area contributed by atoms with Crippen molar-refractivity contribution in [2.45, 2.75) is 12.8 Å². The van der Waals surface area contributed by atoms with E-state index in [-0.39, 0.29) is 18.4 Å². The number of piperidine rings is 1. The Labute approximate surface area is 122 Å². The first-order valence-corrected chi connectivity index (χ1v) is 6.87. The number of pyridine rings is 1. The molecule has 1 aromatic rings. The molecule has 112 valence electrons. The van der Waals surface area contributed by atoms with Crippen LogP contribution in [0.15, 0.2) is 24.4 Å². The average molecular weight is 290 g/mol. The van der Waals surface area contributed by atoms with Gasteiger partial charge in [0.2, 0.25) is 0 Å². The maximum atomic E-state index is 12.3. The van der Waals surface area contributed by atoms with Gasteiger partial charge in [0.15, 0.2) is 0 Å². The Kier molecular flexibility index (Phi) is 5.05. The summed E-state index contributed by atoms with van der Waals surface area (Å²) in [5.41, 5.74) is 0.984. The largest absolute Gasteiger partial charge is 0.478 e. The lowest BCUT2D eigenvalue weighted by atomic mass is 9.98. The zero-order valence-electron chi connectivity index (χ0n) is 11.6. The minimum atomic E-state index is -1.03. The standard InChI is InChI=1S/C15H18N2O4/c18-10-12-5-7-17(8-6-12)15(21)13-3-1-11(9-16-13)2-4-14(19)20/h1-4,9,12,18H,5-8,10H2,(H,19,20). The van der Waals surface area contributed by atoms with Gasteiger partial charge in [0.05, 0.1) is 0 Å². The number of hydrogen-bond donors (Lipinski definition) is 2. The van der Waals surface area contributed by atoms with Gasteiger partial charge >= 0.3 is 5.97 Å². The van der Waals surface area contributed by atoms with Crippen molar-refractivity contribution in [3.63, 3.8) is 0 Å². The summed E-state index contributed by atoms with van der Waals surface area (Å²) in [6, 6.07) is 3.27. The van der Waals surface area contributed by atoms with Gasteiger partial charge in [-0.15, -0.1) is 0 Å². The average Bonchev–Trinajstić information content (AvgIpc) is 2.53. The van der Waals surface area contributed by atoms with Crippen LogP contribution in [0.3, 0.4) is 0 Å². The number of nitrogens with zero attached hydrogens (tertiary/aromatic N) is 2. The van der Waals surface area contributed by atoms with Crippen molar-refractivity contribution >= 4 is 18.0 Å². The minimum Gasteiger partial charge on any atom is -0.478 e. The van der Waals surface area contributed by atoms with Crippen LogP contribution in [-0.2, 0) is 4.79 Å². The molecule has 6 nitrogen and oxygen atoms in total. The number of aliphatic carboxylic acids is 1. The third-order valence-electron chi connectivity index (χ3n) is 3.58. The number of carbonyl (C=O) groups excluding carboxylic acids is 1. The van der Waals surface area contributed by atoms with Gasteiger partial charge in [0.1, 0.15) is 5.69 Å². The summed E-state index contributed by atoms with van der Waals surface area (Å²) in [7, 11) is 0. The maximum absolute atomic E-state index is 12.3. The minimum absolute atomic E-state index is 0.125. The molecule has 0 spiro atoms. The first kappa shape index (κ1) is 15.2. The van der Waals surface area contributed by atoms with Crippen molar-refractivity contribution < 1.29 is 19.8 Å². The van der Waals surface area contributed by atoms with Crippen molar-refractivity contribution in [1.82, 2.24) is 9.88 Å². The number of likely N-dealkylation sites (tertiary alicyclic amines) is 1. The number of aliphatic hydroxyl groups excluding tert-OH is 1. The molecule has 2 heterocycles. The highest BCUT2D eigenvalue weighted by Gasteiger charge is 2.23. The second-order valence-corrected chi connectivity index (χ2v) is 5.07. The van der Waals surface area contributed by atoms with E-state index in [0.717, 1.165) is 18.9 Å². The van der Waals surface area contributed by atoms with Crippen LogP contribution < -0.4 is 0 Å². The number of amides is 1. The zero-order chi connectivity index (χ0) is 15.2. The molecule has 0 aromatic carbocycles. The molecule has 0 unspecified atom stereocenters. The molecule has 1 aromatic heterocycles. The van der Waals surface area contributed by atoms with E-state index >= 15 is 0 Å². The number of rotatable bonds is 4. The molecule has 1 aliphatic rings. The molecule has 2 rings (SSSR count). The Bertz CT molecular complexity index is 531. The Balaban J connectivity index is 1.98. The second kappa shape index (κ2) is 6.99. The smallest absolute Gasteiger partial charge is 0.328 e. The molecular weight excluding hydrogens is 272 g/mol. The van der Waals surface area contributed by atoms with Gasteiger partial charge in [-0.2, -0.15) is 0 Å². The van der Waals surface area contributed by atoms with Crippen LogP contribution in [0.1, 0.15) is 28.9 Å². The molecular formula is C15H18N2O4. The molecule has 21 heavy (non-hydrogen) atoms. The lowest BCUT2D eigenvalue weighted by Gasteiger charge is -2.30. The fourth-order valence-electron chi connectivity index (χ4n) is 2.28. The predicted molar refractivity (Wildman–Crippen MR) is 76.6 cm³/mol. The molecule has 0 radical (unpaired) electrons. The van der Waals surface area contributed by atoms with Crippen LogP contribution in [0.5, 0.6) is 0 Å². The van der Waals surface area contributed by atoms with E-state index in [4.69, 9.17) is 10.2 Å². The molecule has 1 fully saturated rings. The van der Waals surface area contributed by atoms with E-state index in [2.05, 4.69) is 4.98 Å². The van der Waals surface area contributed by atoms with E-state index in [1.54, 1.807) is 17.0 Å². The van der Waals surface area contributed by atoms with Crippen LogP contribution in [-0.4, -0.2) is 51.7 Å². The van der Waals surface area contributed by atoms with Gasteiger partial charge in [0.25, 0.3) is 5.91 Å². The molecule has 0 bridgehead atoms. The Hall–Kier alpha value is -2.21. The summed E-state index contributed by atoms with van der Waals surface area (Å²) in [5, 5.41) is 17.6. The second-order valence-electron chi connectivity index (χ2n) is 5.07. The predicted octanol–water partition coefficient (Wildman–Crippen LogP) is 1.02. The van der Waals surface area contributed by atoms with Gasteiger partial charge in [-0.1, -0.05) is 6.07 Å². The summed E-state index contributed by atoms with van der Waals surface area (Å²) in [5.74, 6) is -0.868. The fraction of sp³-hybridized carbons (Fsp3) is 0.400. The first-order chi connectivity index (χ1) is 10.1. The first-order valence-electron chi connectivity index (χ1n) is 6.87. The summed E-state index contributed by atoms with van der Waals surface area (Å²) >= 11 is 0. The molecule has 6 heteroatoms. The normalized spacial score (nSPS) is 16.3. The molecule has 1 aliphatic heterocycles. The van der Waals surface area contributed by atoms with E-state index in [1.165, 1.54) is 12.3 Å². The topological polar surface area (TPSA) is 90.7 Å². The van der Waals surface area contributed by atoms with Crippen LogP contribution in [0.25, 0.3) is 6.08 Å². The van der Waals surface area contributed by atoms with Gasteiger partial charge < -0.3 is 15.1 Å². The lowest BCUT2D eigenvalue weighted by Crippen LogP contribution is -2.39. The van der Waals surface area contributed by atoms with Crippen molar-refractivity contribution in [3.8, 4) is 0 Å². The number of hydrogen-bond acceptors (Lipinski definition) is 4. The summed E-state index contributed by atoms with van der Waals surface area (Å²) in [6.45, 7) is 1.43. The number of carboxylic acid groups (broad SMARTS) is 1. The molecule has 0 aliphatic carbocycles. The zero-order valence-corrected chi connectivity index (χ0v) is 11.6. The quantitative estimate of drug-likeness (QED) is 0.808. The molecule has 0 saturated carbocycles. The van der Waals surface area contributed by atoms with E-state index in [9.17, 15) is 9.59 Å². The van der Waals surface area contributed by atoms with Gasteiger partial charge in [-0.25, -0.2) is 4.79 Å². The number of aliphatic hydroxyl groups is 1. The maximum Gasteiger partial charge on any atom is 0.328 e. The SMILES string of the molecule is O=C(O)C=Cc1ccc(C(=O)N2CCC(CO)CC2)nc1. The lowest BCUT2D eigenvalue weighted by molar-refractivity contribution is -0.131. The fourth-order valence-corrected chi connectivity index (χ4v) is 2.28. The highest BCUT2D eigenvalue weighted by Crippen LogP contribution is 2.18. The van der Waals surface area contributed by atoms with Gasteiger partial charge in [0, 0.05) is 32.0 Å². The van der Waals surface area contributed by atoms with E-state index < -0.39 is 5.97 Å².